The van der Waals surface area contributed by atoms with E-state index >= 15 is 0 Å². The van der Waals surface area contributed by atoms with Crippen LogP contribution in [0.3, 0.4) is 0 Å². The van der Waals surface area contributed by atoms with Crippen LogP contribution in [0.15, 0.2) is 10.5 Å². The van der Waals surface area contributed by atoms with E-state index in [1.807, 2.05) is 0 Å². The van der Waals surface area contributed by atoms with Gasteiger partial charge in [-0.3, -0.25) is 4.98 Å². The second-order valence-electron chi connectivity index (χ2n) is 2.55. The second kappa shape index (κ2) is 4.46. The van der Waals surface area contributed by atoms with E-state index in [9.17, 15) is 8.78 Å². The van der Waals surface area contributed by atoms with Gasteiger partial charge < -0.3 is 0 Å². The van der Waals surface area contributed by atoms with Gasteiger partial charge in [0, 0.05) is 21.1 Å². The number of aromatic nitrogens is 1. The van der Waals surface area contributed by atoms with Gasteiger partial charge in [-0.2, -0.15) is 0 Å². The number of pyridine rings is 1. The molecule has 0 atom stereocenters. The van der Waals surface area contributed by atoms with Crippen molar-refractivity contribution in [3.05, 3.63) is 27.5 Å². The standard InChI is InChI=1S/C8H7Br2F2N/c1-4-2-5(8(11)12)7(10)6(3-9)13-4/h2,8H,3H2,1H3. The minimum Gasteiger partial charge on any atom is -0.256 e. The molecule has 0 aliphatic rings. The molecule has 0 saturated heterocycles. The fourth-order valence-corrected chi connectivity index (χ4v) is 2.29. The Labute approximate surface area is 91.8 Å². The molecule has 0 bridgehead atoms. The number of hydrogen-bond donors (Lipinski definition) is 0. The molecule has 5 heteroatoms. The molecule has 1 heterocycles. The van der Waals surface area contributed by atoms with Gasteiger partial charge in [0.15, 0.2) is 0 Å². The summed E-state index contributed by atoms with van der Waals surface area (Å²) < 4.78 is 25.3. The summed E-state index contributed by atoms with van der Waals surface area (Å²) >= 11 is 6.29. The third-order valence-corrected chi connectivity index (χ3v) is 2.99. The molecule has 72 valence electrons. The number of nitrogens with zero attached hydrogens (tertiary/aromatic N) is 1. The van der Waals surface area contributed by atoms with E-state index in [1.165, 1.54) is 6.07 Å². The molecule has 1 aromatic rings. The lowest BCUT2D eigenvalue weighted by molar-refractivity contribution is 0.150. The molecule has 13 heavy (non-hydrogen) atoms. The second-order valence-corrected chi connectivity index (χ2v) is 3.90. The topological polar surface area (TPSA) is 12.9 Å². The SMILES string of the molecule is Cc1cc(C(F)F)c(Br)c(CBr)n1. The predicted octanol–water partition coefficient (Wildman–Crippen LogP) is 3.99. The summed E-state index contributed by atoms with van der Waals surface area (Å²) in [6.45, 7) is 1.70. The number of alkyl halides is 3. The smallest absolute Gasteiger partial charge is 0.256 e. The van der Waals surface area contributed by atoms with Gasteiger partial charge in [0.1, 0.15) is 0 Å². The van der Waals surface area contributed by atoms with Crippen LogP contribution in [0, 0.1) is 6.92 Å². The zero-order chi connectivity index (χ0) is 10.0. The van der Waals surface area contributed by atoms with Crippen molar-refractivity contribution in [1.29, 1.82) is 0 Å². The van der Waals surface area contributed by atoms with Crippen molar-refractivity contribution in [2.45, 2.75) is 18.7 Å². The summed E-state index contributed by atoms with van der Waals surface area (Å²) in [6.07, 6.45) is -2.46. The van der Waals surface area contributed by atoms with E-state index in [4.69, 9.17) is 0 Å². The average Bonchev–Trinajstić information content (AvgIpc) is 2.08. The van der Waals surface area contributed by atoms with Crippen LogP contribution in [-0.2, 0) is 5.33 Å². The van der Waals surface area contributed by atoms with Crippen molar-refractivity contribution in [2.24, 2.45) is 0 Å². The first-order valence-corrected chi connectivity index (χ1v) is 5.47. The zero-order valence-corrected chi connectivity index (χ0v) is 9.99. The van der Waals surface area contributed by atoms with E-state index in [2.05, 4.69) is 36.8 Å². The molecule has 0 saturated carbocycles. The van der Waals surface area contributed by atoms with E-state index in [1.54, 1.807) is 6.92 Å². The Bertz CT molecular complexity index is 315. The molecular weight excluding hydrogens is 308 g/mol. The van der Waals surface area contributed by atoms with Gasteiger partial charge >= 0.3 is 0 Å². The van der Waals surface area contributed by atoms with Crippen LogP contribution >= 0.6 is 31.9 Å². The van der Waals surface area contributed by atoms with Crippen LogP contribution in [-0.4, -0.2) is 4.98 Å². The van der Waals surface area contributed by atoms with Gasteiger partial charge in [0.25, 0.3) is 6.43 Å². The van der Waals surface area contributed by atoms with Crippen LogP contribution in [0.2, 0.25) is 0 Å². The quantitative estimate of drug-likeness (QED) is 0.752. The molecule has 0 aliphatic carbocycles. The lowest BCUT2D eigenvalue weighted by atomic mass is 10.2. The van der Waals surface area contributed by atoms with E-state index in [-0.39, 0.29) is 5.56 Å². The van der Waals surface area contributed by atoms with Crippen molar-refractivity contribution >= 4 is 31.9 Å². The Morgan fingerprint density at radius 1 is 1.54 bits per heavy atom. The molecule has 1 nitrogen and oxygen atoms in total. The highest BCUT2D eigenvalue weighted by Crippen LogP contribution is 2.30. The lowest BCUT2D eigenvalue weighted by Gasteiger charge is -2.07. The van der Waals surface area contributed by atoms with Gasteiger partial charge in [-0.05, 0) is 28.9 Å². The maximum absolute atomic E-state index is 12.5. The van der Waals surface area contributed by atoms with Gasteiger partial charge in [-0.25, -0.2) is 8.78 Å². The Kier molecular flexibility index (Phi) is 3.79. The van der Waals surface area contributed by atoms with Crippen LogP contribution in [0.4, 0.5) is 8.78 Å². The van der Waals surface area contributed by atoms with Gasteiger partial charge in [-0.15, -0.1) is 0 Å². The van der Waals surface area contributed by atoms with Crippen LogP contribution < -0.4 is 0 Å². The summed E-state index contributed by atoms with van der Waals surface area (Å²) in [5.74, 6) is 0. The van der Waals surface area contributed by atoms with Crippen molar-refractivity contribution in [1.82, 2.24) is 4.98 Å². The molecule has 0 N–H and O–H groups in total. The highest BCUT2D eigenvalue weighted by atomic mass is 79.9. The Morgan fingerprint density at radius 2 is 2.15 bits per heavy atom. The molecule has 1 rings (SSSR count). The third-order valence-electron chi connectivity index (χ3n) is 1.54. The summed E-state index contributed by atoms with van der Waals surface area (Å²) in [6, 6.07) is 1.39. The molecule has 0 aromatic carbocycles. The number of rotatable bonds is 2. The van der Waals surface area contributed by atoms with E-state index < -0.39 is 6.43 Å². The predicted molar refractivity (Wildman–Crippen MR) is 54.3 cm³/mol. The van der Waals surface area contributed by atoms with Crippen molar-refractivity contribution < 1.29 is 8.78 Å². The monoisotopic (exact) mass is 313 g/mol. The summed E-state index contributed by atoms with van der Waals surface area (Å²) in [4.78, 5) is 4.11. The zero-order valence-electron chi connectivity index (χ0n) is 6.82. The number of hydrogen-bond acceptors (Lipinski definition) is 1. The van der Waals surface area contributed by atoms with Gasteiger partial charge in [0.2, 0.25) is 0 Å². The molecule has 0 fully saturated rings. The fraction of sp³-hybridized carbons (Fsp3) is 0.375. The Balaban J connectivity index is 3.27. The summed E-state index contributed by atoms with van der Waals surface area (Å²) in [7, 11) is 0. The van der Waals surface area contributed by atoms with Crippen LogP contribution in [0.5, 0.6) is 0 Å². The van der Waals surface area contributed by atoms with Gasteiger partial charge in [-0.1, -0.05) is 15.9 Å². The highest BCUT2D eigenvalue weighted by Gasteiger charge is 2.15. The Morgan fingerprint density at radius 3 is 2.62 bits per heavy atom. The maximum Gasteiger partial charge on any atom is 0.265 e. The first-order chi connectivity index (χ1) is 6.06. The normalized spacial score (nSPS) is 10.9. The molecule has 0 spiro atoms. The maximum atomic E-state index is 12.5. The van der Waals surface area contributed by atoms with E-state index in [0.29, 0.717) is 21.2 Å². The molecule has 0 radical (unpaired) electrons. The lowest BCUT2D eigenvalue weighted by Crippen LogP contribution is -1.97. The minimum absolute atomic E-state index is 0.00181. The molecule has 0 amide bonds. The Hall–Kier alpha value is -0.0300. The molecule has 0 unspecified atom stereocenters. The third kappa shape index (κ3) is 2.47. The summed E-state index contributed by atoms with van der Waals surface area (Å²) in [5.41, 5.74) is 1.21. The van der Waals surface area contributed by atoms with Crippen LogP contribution in [0.1, 0.15) is 23.4 Å². The van der Waals surface area contributed by atoms with Crippen molar-refractivity contribution in [2.75, 3.05) is 0 Å². The highest BCUT2D eigenvalue weighted by molar-refractivity contribution is 9.10. The fourth-order valence-electron chi connectivity index (χ4n) is 0.997. The number of aryl methyl sites for hydroxylation is 1. The first kappa shape index (κ1) is 11.0. The summed E-state index contributed by atoms with van der Waals surface area (Å²) in [5, 5.41) is 0.467. The molecule has 0 aliphatic heterocycles. The average molecular weight is 315 g/mol. The minimum atomic E-state index is -2.46. The molecule has 1 aromatic heterocycles. The van der Waals surface area contributed by atoms with Crippen LogP contribution in [0.25, 0.3) is 0 Å². The van der Waals surface area contributed by atoms with E-state index in [0.717, 1.165) is 0 Å². The van der Waals surface area contributed by atoms with Gasteiger partial charge in [0.05, 0.1) is 5.69 Å². The molecular formula is C8H7Br2F2N. The van der Waals surface area contributed by atoms with Crippen molar-refractivity contribution in [3.63, 3.8) is 0 Å². The largest absolute Gasteiger partial charge is 0.265 e. The first-order valence-electron chi connectivity index (χ1n) is 3.56. The van der Waals surface area contributed by atoms with Crippen molar-refractivity contribution in [3.8, 4) is 0 Å². The number of halogens is 4.